The van der Waals surface area contributed by atoms with E-state index in [0.717, 1.165) is 6.54 Å². The Morgan fingerprint density at radius 1 is 1.50 bits per heavy atom. The molecular weight excluding hydrogens is 124 g/mol. The van der Waals surface area contributed by atoms with Crippen LogP contribution in [-0.4, -0.2) is 12.3 Å². The Labute approximate surface area is 61.0 Å². The van der Waals surface area contributed by atoms with Crippen LogP contribution in [0.15, 0.2) is 16.6 Å². The van der Waals surface area contributed by atoms with Gasteiger partial charge in [0.1, 0.15) is 6.67 Å². The summed E-state index contributed by atoms with van der Waals surface area (Å²) in [5.41, 5.74) is 2.71. The van der Waals surface area contributed by atoms with Crippen LogP contribution >= 0.6 is 0 Å². The van der Waals surface area contributed by atoms with Gasteiger partial charge in [-0.1, -0.05) is 6.08 Å². The lowest BCUT2D eigenvalue weighted by atomic mass is 9.96. The van der Waals surface area contributed by atoms with Gasteiger partial charge < -0.3 is 0 Å². The lowest BCUT2D eigenvalue weighted by Crippen LogP contribution is -2.25. The van der Waals surface area contributed by atoms with Crippen molar-refractivity contribution in [2.75, 3.05) is 6.54 Å². The van der Waals surface area contributed by atoms with Gasteiger partial charge in [-0.3, -0.25) is 10.3 Å². The molecule has 1 aliphatic heterocycles. The van der Waals surface area contributed by atoms with E-state index in [9.17, 15) is 0 Å². The zero-order chi connectivity index (χ0) is 6.81. The van der Waals surface area contributed by atoms with Gasteiger partial charge in [0, 0.05) is 12.3 Å². The van der Waals surface area contributed by atoms with E-state index in [4.69, 9.17) is 0 Å². The molecular formula is C8H11N2. The first kappa shape index (κ1) is 6.10. The quantitative estimate of drug-likeness (QED) is 0.531. The lowest BCUT2D eigenvalue weighted by Gasteiger charge is -2.19. The second-order valence-corrected chi connectivity index (χ2v) is 2.71. The van der Waals surface area contributed by atoms with Gasteiger partial charge in [0.2, 0.25) is 0 Å². The Balaban J connectivity index is 2.25. The predicted molar refractivity (Wildman–Crippen MR) is 41.7 cm³/mol. The maximum absolute atomic E-state index is 4.26. The zero-order valence-electron chi connectivity index (χ0n) is 5.93. The molecule has 53 valence electrons. The highest BCUT2D eigenvalue weighted by molar-refractivity contribution is 6.01. The van der Waals surface area contributed by atoms with E-state index in [-0.39, 0.29) is 0 Å². The van der Waals surface area contributed by atoms with Crippen molar-refractivity contribution in [1.82, 2.24) is 5.32 Å². The average molecular weight is 135 g/mol. The molecule has 2 aliphatic rings. The topological polar surface area (TPSA) is 24.4 Å². The van der Waals surface area contributed by atoms with E-state index in [1.807, 2.05) is 0 Å². The van der Waals surface area contributed by atoms with Gasteiger partial charge in [0.05, 0.1) is 0 Å². The third-order valence-electron chi connectivity index (χ3n) is 1.98. The van der Waals surface area contributed by atoms with Gasteiger partial charge >= 0.3 is 0 Å². The molecule has 0 aromatic heterocycles. The molecule has 1 aliphatic carbocycles. The van der Waals surface area contributed by atoms with Crippen LogP contribution in [0.5, 0.6) is 0 Å². The van der Waals surface area contributed by atoms with Gasteiger partial charge in [-0.05, 0) is 24.8 Å². The zero-order valence-corrected chi connectivity index (χ0v) is 5.93. The van der Waals surface area contributed by atoms with E-state index in [1.165, 1.54) is 30.5 Å². The van der Waals surface area contributed by atoms with Crippen molar-refractivity contribution in [2.45, 2.75) is 19.3 Å². The number of rotatable bonds is 0. The van der Waals surface area contributed by atoms with Crippen LogP contribution in [-0.2, 0) is 0 Å². The molecule has 0 aromatic carbocycles. The molecule has 1 N–H and O–H groups in total. The minimum absolute atomic E-state index is 0.985. The van der Waals surface area contributed by atoms with E-state index >= 15 is 0 Å². The standard InChI is InChI=1S/C8H11N2/c1-2-4-8-7(3-1)5-9-6-10-8/h3,6,9H,1-2,4-5H2. The number of nitrogens with zero attached hydrogens (tertiary/aromatic N) is 1. The predicted octanol–water partition coefficient (Wildman–Crippen LogP) is 1.26. The monoisotopic (exact) mass is 135 g/mol. The number of fused-ring (bicyclic) bond motifs is 1. The van der Waals surface area contributed by atoms with E-state index in [0.29, 0.717) is 0 Å². The van der Waals surface area contributed by atoms with Crippen molar-refractivity contribution >= 4 is 5.71 Å². The van der Waals surface area contributed by atoms with Crippen molar-refractivity contribution in [1.29, 1.82) is 0 Å². The van der Waals surface area contributed by atoms with Crippen molar-refractivity contribution < 1.29 is 0 Å². The summed E-state index contributed by atoms with van der Waals surface area (Å²) in [4.78, 5) is 4.26. The maximum atomic E-state index is 4.26. The van der Waals surface area contributed by atoms with E-state index < -0.39 is 0 Å². The molecule has 0 saturated carbocycles. The van der Waals surface area contributed by atoms with Crippen LogP contribution in [0.4, 0.5) is 0 Å². The third kappa shape index (κ3) is 0.991. The molecule has 0 saturated heterocycles. The Kier molecular flexibility index (Phi) is 1.55. The molecule has 2 rings (SSSR count). The summed E-state index contributed by atoms with van der Waals surface area (Å²) in [5.74, 6) is 0. The van der Waals surface area contributed by atoms with Crippen LogP contribution in [0.2, 0.25) is 0 Å². The average Bonchev–Trinajstić information content (AvgIpc) is 2.05. The molecule has 0 amide bonds. The number of nitrogens with one attached hydrogen (secondary N) is 1. The number of hydrogen-bond acceptors (Lipinski definition) is 2. The lowest BCUT2D eigenvalue weighted by molar-refractivity contribution is 0.782. The smallest absolute Gasteiger partial charge is 0.136 e. The maximum Gasteiger partial charge on any atom is 0.136 e. The van der Waals surface area contributed by atoms with Gasteiger partial charge in [-0.15, -0.1) is 0 Å². The van der Waals surface area contributed by atoms with Gasteiger partial charge in [0.15, 0.2) is 0 Å². The Morgan fingerprint density at radius 2 is 2.50 bits per heavy atom. The fourth-order valence-electron chi connectivity index (χ4n) is 1.42. The summed E-state index contributed by atoms with van der Waals surface area (Å²) in [6.45, 7) is 2.79. The Bertz CT molecular complexity index is 169. The third-order valence-corrected chi connectivity index (χ3v) is 1.98. The highest BCUT2D eigenvalue weighted by Gasteiger charge is 2.13. The molecule has 1 radical (unpaired) electrons. The van der Waals surface area contributed by atoms with Gasteiger partial charge in [0.25, 0.3) is 0 Å². The highest BCUT2D eigenvalue weighted by Crippen LogP contribution is 2.17. The summed E-state index contributed by atoms with van der Waals surface area (Å²) in [6, 6.07) is 0. The molecule has 0 fully saturated rings. The molecule has 0 spiro atoms. The van der Waals surface area contributed by atoms with Crippen LogP contribution < -0.4 is 5.32 Å². The minimum atomic E-state index is 0.985. The minimum Gasteiger partial charge on any atom is -0.289 e. The summed E-state index contributed by atoms with van der Waals surface area (Å²) >= 11 is 0. The molecule has 0 bridgehead atoms. The second kappa shape index (κ2) is 2.54. The summed E-state index contributed by atoms with van der Waals surface area (Å²) in [7, 11) is 0. The highest BCUT2D eigenvalue weighted by atomic mass is 15.0. The largest absolute Gasteiger partial charge is 0.289 e. The molecule has 0 atom stereocenters. The van der Waals surface area contributed by atoms with Crippen molar-refractivity contribution in [3.63, 3.8) is 0 Å². The number of allylic oxidation sites excluding steroid dienone is 1. The molecule has 0 aromatic rings. The Morgan fingerprint density at radius 3 is 3.40 bits per heavy atom. The fraction of sp³-hybridized carbons (Fsp3) is 0.500. The van der Waals surface area contributed by atoms with Crippen LogP contribution in [0, 0.1) is 6.67 Å². The van der Waals surface area contributed by atoms with Crippen LogP contribution in [0.25, 0.3) is 0 Å². The second-order valence-electron chi connectivity index (χ2n) is 2.71. The number of aliphatic imine (C=N–C) groups is 1. The molecule has 1 heterocycles. The van der Waals surface area contributed by atoms with Crippen LogP contribution in [0.1, 0.15) is 19.3 Å². The molecule has 0 unspecified atom stereocenters. The first-order valence-corrected chi connectivity index (χ1v) is 3.78. The van der Waals surface area contributed by atoms with E-state index in [1.54, 1.807) is 6.67 Å². The van der Waals surface area contributed by atoms with Gasteiger partial charge in [-0.25, -0.2) is 0 Å². The van der Waals surface area contributed by atoms with Crippen LogP contribution in [0.3, 0.4) is 0 Å². The van der Waals surface area contributed by atoms with Crippen molar-refractivity contribution in [3.05, 3.63) is 18.3 Å². The molecule has 10 heavy (non-hydrogen) atoms. The van der Waals surface area contributed by atoms with Crippen molar-refractivity contribution in [2.24, 2.45) is 4.99 Å². The van der Waals surface area contributed by atoms with E-state index in [2.05, 4.69) is 16.4 Å². The molecule has 2 nitrogen and oxygen atoms in total. The number of hydrogen-bond donors (Lipinski definition) is 1. The van der Waals surface area contributed by atoms with Gasteiger partial charge in [-0.2, -0.15) is 0 Å². The summed E-state index contributed by atoms with van der Waals surface area (Å²) in [5, 5.41) is 3.10. The Hall–Kier alpha value is -0.630. The normalized spacial score (nSPS) is 24.8. The molecule has 2 heteroatoms. The SMILES string of the molecule is [CH]1N=C2CCCC=C2CN1. The summed E-state index contributed by atoms with van der Waals surface area (Å²) in [6.07, 6.45) is 5.97. The first-order valence-electron chi connectivity index (χ1n) is 3.78. The van der Waals surface area contributed by atoms with Crippen molar-refractivity contribution in [3.8, 4) is 0 Å². The summed E-state index contributed by atoms with van der Waals surface area (Å²) < 4.78 is 0. The first-order chi connectivity index (χ1) is 4.97. The fourth-order valence-corrected chi connectivity index (χ4v) is 1.42.